The quantitative estimate of drug-likeness (QED) is 0.611. The number of nitrogens with zero attached hydrogens (tertiary/aromatic N) is 1. The van der Waals surface area contributed by atoms with Gasteiger partial charge in [-0.1, -0.05) is 90.5 Å². The lowest BCUT2D eigenvalue weighted by Gasteiger charge is -2.32. The molecule has 0 unspecified atom stereocenters. The smallest absolute Gasteiger partial charge is 0.103 e. The normalized spacial score (nSPS) is 15.2. The fraction of sp³-hybridized carbons (Fsp3) is 0.231. The average molecular weight is 439 g/mol. The average Bonchev–Trinajstić information content (AvgIpc) is 2.77. The summed E-state index contributed by atoms with van der Waals surface area (Å²) >= 11 is 6.07. The van der Waals surface area contributed by atoms with Crippen LogP contribution in [0.3, 0.4) is 0 Å². The molecule has 1 aliphatic heterocycles. The minimum Gasteiger partial charge on any atom is -1.00 e. The summed E-state index contributed by atoms with van der Waals surface area (Å²) in [5, 5.41) is 0.786. The fourth-order valence-electron chi connectivity index (χ4n) is 3.99. The molecule has 1 saturated heterocycles. The minimum absolute atomic E-state index is 0. The van der Waals surface area contributed by atoms with Gasteiger partial charge in [0.2, 0.25) is 0 Å². The van der Waals surface area contributed by atoms with Gasteiger partial charge in [-0.2, -0.15) is 0 Å². The van der Waals surface area contributed by atoms with Gasteiger partial charge in [-0.05, 0) is 28.8 Å². The SMILES string of the molecule is Clc1ccc(-c2ccccc2C[NH+]2CCN(C/C=C/c3ccccc3)CC2)cc1.[Cl-]. The predicted molar refractivity (Wildman–Crippen MR) is 123 cm³/mol. The summed E-state index contributed by atoms with van der Waals surface area (Å²) in [6.45, 7) is 6.79. The summed E-state index contributed by atoms with van der Waals surface area (Å²) in [6.07, 6.45) is 4.51. The Kier molecular flexibility index (Phi) is 8.53. The molecule has 30 heavy (non-hydrogen) atoms. The maximum atomic E-state index is 6.07. The van der Waals surface area contributed by atoms with Gasteiger partial charge in [-0.3, -0.25) is 4.90 Å². The third-order valence-electron chi connectivity index (χ3n) is 5.65. The van der Waals surface area contributed by atoms with Crippen LogP contribution in [0.5, 0.6) is 0 Å². The van der Waals surface area contributed by atoms with E-state index < -0.39 is 0 Å². The molecule has 1 N–H and O–H groups in total. The Morgan fingerprint density at radius 1 is 0.833 bits per heavy atom. The van der Waals surface area contributed by atoms with Crippen molar-refractivity contribution in [2.75, 3.05) is 32.7 Å². The molecule has 0 bridgehead atoms. The largest absolute Gasteiger partial charge is 1.00 e. The third kappa shape index (κ3) is 6.20. The van der Waals surface area contributed by atoms with Gasteiger partial charge in [-0.15, -0.1) is 0 Å². The first-order valence-electron chi connectivity index (χ1n) is 10.4. The molecule has 0 atom stereocenters. The molecule has 0 amide bonds. The van der Waals surface area contributed by atoms with Crippen LogP contribution < -0.4 is 17.3 Å². The van der Waals surface area contributed by atoms with E-state index in [2.05, 4.69) is 83.8 Å². The van der Waals surface area contributed by atoms with Crippen LogP contribution in [-0.4, -0.2) is 37.6 Å². The van der Waals surface area contributed by atoms with Crippen LogP contribution >= 0.6 is 11.6 Å². The molecule has 0 aromatic heterocycles. The highest BCUT2D eigenvalue weighted by Crippen LogP contribution is 2.24. The molecular weight excluding hydrogens is 411 g/mol. The molecule has 156 valence electrons. The van der Waals surface area contributed by atoms with Gasteiger partial charge in [0.1, 0.15) is 6.54 Å². The molecule has 2 nitrogen and oxygen atoms in total. The van der Waals surface area contributed by atoms with Crippen molar-refractivity contribution in [1.82, 2.24) is 4.90 Å². The third-order valence-corrected chi connectivity index (χ3v) is 5.90. The molecule has 0 radical (unpaired) electrons. The van der Waals surface area contributed by atoms with E-state index in [1.54, 1.807) is 4.90 Å². The molecule has 4 heteroatoms. The predicted octanol–water partition coefficient (Wildman–Crippen LogP) is 1.42. The molecule has 1 fully saturated rings. The van der Waals surface area contributed by atoms with Crippen LogP contribution in [-0.2, 0) is 6.54 Å². The first-order valence-corrected chi connectivity index (χ1v) is 10.8. The summed E-state index contributed by atoms with van der Waals surface area (Å²) < 4.78 is 0. The Bertz CT molecular complexity index is 931. The zero-order valence-electron chi connectivity index (χ0n) is 17.1. The number of hydrogen-bond donors (Lipinski definition) is 1. The van der Waals surface area contributed by atoms with E-state index in [0.29, 0.717) is 0 Å². The maximum absolute atomic E-state index is 6.07. The number of piperazine rings is 1. The molecular formula is C26H28Cl2N2. The van der Waals surface area contributed by atoms with Crippen LogP contribution in [0.2, 0.25) is 5.02 Å². The second-order valence-corrected chi connectivity index (χ2v) is 8.14. The summed E-state index contributed by atoms with van der Waals surface area (Å²) in [4.78, 5) is 4.21. The van der Waals surface area contributed by atoms with Crippen molar-refractivity contribution in [3.05, 3.63) is 101 Å². The van der Waals surface area contributed by atoms with Crippen molar-refractivity contribution in [3.63, 3.8) is 0 Å². The first kappa shape index (κ1) is 22.6. The van der Waals surface area contributed by atoms with Crippen LogP contribution in [0.1, 0.15) is 11.1 Å². The number of rotatable bonds is 6. The van der Waals surface area contributed by atoms with E-state index in [9.17, 15) is 0 Å². The van der Waals surface area contributed by atoms with E-state index in [1.165, 1.54) is 35.3 Å². The standard InChI is InChI=1S/C26H27ClN2.ClH/c27-25-14-12-23(13-15-25)26-11-5-4-10-24(26)21-29-19-17-28(18-20-29)16-6-9-22-7-2-1-3-8-22;/h1-15H,16-21H2;1H/b9-6+;. The van der Waals surface area contributed by atoms with E-state index in [0.717, 1.165) is 31.2 Å². The first-order chi connectivity index (χ1) is 14.3. The molecule has 3 aromatic rings. The van der Waals surface area contributed by atoms with Gasteiger partial charge in [-0.25, -0.2) is 0 Å². The monoisotopic (exact) mass is 438 g/mol. The zero-order chi connectivity index (χ0) is 19.9. The highest BCUT2D eigenvalue weighted by atomic mass is 35.5. The maximum Gasteiger partial charge on any atom is 0.103 e. The van der Waals surface area contributed by atoms with E-state index in [4.69, 9.17) is 11.6 Å². The number of quaternary nitrogens is 1. The lowest BCUT2D eigenvalue weighted by Crippen LogP contribution is -3.13. The zero-order valence-corrected chi connectivity index (χ0v) is 18.6. The molecule has 1 heterocycles. The molecule has 1 aliphatic rings. The van der Waals surface area contributed by atoms with Gasteiger partial charge in [0, 0.05) is 30.2 Å². The van der Waals surface area contributed by atoms with Crippen LogP contribution in [0, 0.1) is 0 Å². The number of benzene rings is 3. The summed E-state index contributed by atoms with van der Waals surface area (Å²) in [7, 11) is 0. The van der Waals surface area contributed by atoms with Gasteiger partial charge in [0.05, 0.1) is 13.1 Å². The Morgan fingerprint density at radius 2 is 1.50 bits per heavy atom. The van der Waals surface area contributed by atoms with Gasteiger partial charge in [0.25, 0.3) is 0 Å². The van der Waals surface area contributed by atoms with Crippen LogP contribution in [0.25, 0.3) is 17.2 Å². The van der Waals surface area contributed by atoms with Crippen molar-refractivity contribution >= 4 is 17.7 Å². The number of hydrogen-bond acceptors (Lipinski definition) is 1. The molecule has 4 rings (SSSR count). The molecule has 0 saturated carbocycles. The van der Waals surface area contributed by atoms with Gasteiger partial charge < -0.3 is 17.3 Å². The van der Waals surface area contributed by atoms with E-state index in [-0.39, 0.29) is 12.4 Å². The van der Waals surface area contributed by atoms with E-state index >= 15 is 0 Å². The molecule has 0 aliphatic carbocycles. The Morgan fingerprint density at radius 3 is 2.23 bits per heavy atom. The van der Waals surface area contributed by atoms with Crippen molar-refractivity contribution in [1.29, 1.82) is 0 Å². The number of nitrogens with one attached hydrogen (secondary N) is 1. The fourth-order valence-corrected chi connectivity index (χ4v) is 4.11. The summed E-state index contributed by atoms with van der Waals surface area (Å²) in [5.74, 6) is 0. The molecule has 0 spiro atoms. The van der Waals surface area contributed by atoms with Crippen molar-refractivity contribution in [2.24, 2.45) is 0 Å². The Hall–Kier alpha value is -2.10. The van der Waals surface area contributed by atoms with Gasteiger partial charge in [0.15, 0.2) is 0 Å². The molecule has 3 aromatic carbocycles. The minimum atomic E-state index is 0. The van der Waals surface area contributed by atoms with Crippen molar-refractivity contribution < 1.29 is 17.3 Å². The second-order valence-electron chi connectivity index (χ2n) is 7.70. The lowest BCUT2D eigenvalue weighted by atomic mass is 9.99. The Balaban J connectivity index is 0.00000256. The second kappa shape index (κ2) is 11.3. The van der Waals surface area contributed by atoms with Crippen LogP contribution in [0.4, 0.5) is 0 Å². The Labute approximate surface area is 191 Å². The van der Waals surface area contributed by atoms with Crippen molar-refractivity contribution in [2.45, 2.75) is 6.54 Å². The van der Waals surface area contributed by atoms with Gasteiger partial charge >= 0.3 is 0 Å². The van der Waals surface area contributed by atoms with Crippen LogP contribution in [0.15, 0.2) is 84.9 Å². The summed E-state index contributed by atoms with van der Waals surface area (Å²) in [5.41, 5.74) is 5.26. The highest BCUT2D eigenvalue weighted by Gasteiger charge is 2.20. The highest BCUT2D eigenvalue weighted by molar-refractivity contribution is 6.30. The van der Waals surface area contributed by atoms with E-state index in [1.807, 2.05) is 12.1 Å². The summed E-state index contributed by atoms with van der Waals surface area (Å²) in [6, 6.07) is 27.5. The topological polar surface area (TPSA) is 7.68 Å². The lowest BCUT2D eigenvalue weighted by molar-refractivity contribution is -0.918. The number of halogens is 2. The van der Waals surface area contributed by atoms with Crippen molar-refractivity contribution in [3.8, 4) is 11.1 Å².